The third-order valence-electron chi connectivity index (χ3n) is 5.67. The van der Waals surface area contributed by atoms with Gasteiger partial charge in [-0.1, -0.05) is 11.6 Å². The molecule has 8 heteroatoms. The fraction of sp³-hybridized carbons (Fsp3) is 0.381. The number of likely N-dealkylation sites (tertiary alicyclic amines) is 1. The number of carbonyl (C=O) groups excluding carboxylic acids is 1. The first-order chi connectivity index (χ1) is 13.9. The summed E-state index contributed by atoms with van der Waals surface area (Å²) in [7, 11) is 0. The van der Waals surface area contributed by atoms with Crippen molar-refractivity contribution in [2.24, 2.45) is 0 Å². The van der Waals surface area contributed by atoms with Crippen LogP contribution in [0.2, 0.25) is 5.02 Å². The lowest BCUT2D eigenvalue weighted by atomic mass is 10.1. The van der Waals surface area contributed by atoms with Gasteiger partial charge >= 0.3 is 0 Å². The molecule has 1 N–H and O–H groups in total. The summed E-state index contributed by atoms with van der Waals surface area (Å²) in [4.78, 5) is 18.4. The summed E-state index contributed by atoms with van der Waals surface area (Å²) in [6.07, 6.45) is -0.639. The lowest BCUT2D eigenvalue weighted by molar-refractivity contribution is 0.0754. The fourth-order valence-electron chi connectivity index (χ4n) is 4.10. The average Bonchev–Trinajstić information content (AvgIpc) is 3.10. The van der Waals surface area contributed by atoms with Crippen LogP contribution in [0.3, 0.4) is 0 Å². The SMILES string of the molecule is O=C(c1ccc(Cl)cc1)N1CC(O)C(N2CCN(c3ccc(F)cc3F)CC2)C1. The molecule has 2 saturated heterocycles. The number of β-amino-alcohol motifs (C(OH)–C–C–N with tert-alkyl or cyclic N) is 1. The Morgan fingerprint density at radius 1 is 1.00 bits per heavy atom. The number of hydrogen-bond acceptors (Lipinski definition) is 4. The molecule has 2 atom stereocenters. The molecular formula is C21H22ClF2N3O2. The summed E-state index contributed by atoms with van der Waals surface area (Å²) in [5.41, 5.74) is 0.927. The zero-order valence-corrected chi connectivity index (χ0v) is 16.5. The Labute approximate surface area is 173 Å². The van der Waals surface area contributed by atoms with Gasteiger partial charge in [0.1, 0.15) is 11.6 Å². The molecule has 154 valence electrons. The zero-order chi connectivity index (χ0) is 20.5. The Morgan fingerprint density at radius 2 is 1.69 bits per heavy atom. The number of aliphatic hydroxyl groups is 1. The Bertz CT molecular complexity index is 888. The van der Waals surface area contributed by atoms with Crippen molar-refractivity contribution >= 4 is 23.2 Å². The number of anilines is 1. The van der Waals surface area contributed by atoms with Crippen molar-refractivity contribution in [1.82, 2.24) is 9.80 Å². The number of piperazine rings is 1. The van der Waals surface area contributed by atoms with Crippen LogP contribution in [0.1, 0.15) is 10.4 Å². The zero-order valence-electron chi connectivity index (χ0n) is 15.8. The third kappa shape index (κ3) is 4.22. The van der Waals surface area contributed by atoms with Crippen LogP contribution in [-0.2, 0) is 0 Å². The molecule has 0 spiro atoms. The summed E-state index contributed by atoms with van der Waals surface area (Å²) >= 11 is 5.88. The van der Waals surface area contributed by atoms with Crippen molar-refractivity contribution in [3.05, 3.63) is 64.7 Å². The van der Waals surface area contributed by atoms with Gasteiger partial charge in [0.25, 0.3) is 5.91 Å². The van der Waals surface area contributed by atoms with Gasteiger partial charge in [-0.25, -0.2) is 8.78 Å². The summed E-state index contributed by atoms with van der Waals surface area (Å²) in [6.45, 7) is 3.10. The normalized spacial score (nSPS) is 22.9. The largest absolute Gasteiger partial charge is 0.390 e. The van der Waals surface area contributed by atoms with Gasteiger partial charge in [-0.05, 0) is 36.4 Å². The first kappa shape index (κ1) is 20.1. The number of nitrogens with zero attached hydrogens (tertiary/aromatic N) is 3. The average molecular weight is 422 g/mol. The minimum Gasteiger partial charge on any atom is -0.390 e. The predicted octanol–water partition coefficient (Wildman–Crippen LogP) is 2.63. The molecule has 0 aromatic heterocycles. The highest BCUT2D eigenvalue weighted by Crippen LogP contribution is 2.25. The van der Waals surface area contributed by atoms with Crippen LogP contribution < -0.4 is 4.90 Å². The number of carbonyl (C=O) groups is 1. The summed E-state index contributed by atoms with van der Waals surface area (Å²) in [5.74, 6) is -1.29. The van der Waals surface area contributed by atoms with E-state index in [4.69, 9.17) is 11.6 Å². The highest BCUT2D eigenvalue weighted by molar-refractivity contribution is 6.30. The van der Waals surface area contributed by atoms with Crippen LogP contribution in [0.4, 0.5) is 14.5 Å². The van der Waals surface area contributed by atoms with E-state index >= 15 is 0 Å². The molecule has 29 heavy (non-hydrogen) atoms. The van der Waals surface area contributed by atoms with Crippen LogP contribution in [0.5, 0.6) is 0 Å². The number of amides is 1. The van der Waals surface area contributed by atoms with E-state index in [1.807, 2.05) is 4.90 Å². The maximum atomic E-state index is 14.0. The number of hydrogen-bond donors (Lipinski definition) is 1. The highest BCUT2D eigenvalue weighted by atomic mass is 35.5. The minimum atomic E-state index is -0.639. The van der Waals surface area contributed by atoms with Gasteiger partial charge in [-0.15, -0.1) is 0 Å². The molecule has 2 unspecified atom stereocenters. The molecule has 2 fully saturated rings. The molecule has 4 rings (SSSR count). The van der Waals surface area contributed by atoms with E-state index in [2.05, 4.69) is 4.90 Å². The molecule has 1 amide bonds. The quantitative estimate of drug-likeness (QED) is 0.827. The molecule has 2 heterocycles. The van der Waals surface area contributed by atoms with E-state index in [0.29, 0.717) is 49.0 Å². The minimum absolute atomic E-state index is 0.129. The van der Waals surface area contributed by atoms with Crippen LogP contribution >= 0.6 is 11.6 Å². The molecule has 0 bridgehead atoms. The second-order valence-electron chi connectivity index (χ2n) is 7.47. The standard InChI is InChI=1S/C21H22ClF2N3O2/c22-15-3-1-14(2-4-15)21(29)27-12-19(20(28)13-27)26-9-7-25(8-10-26)18-6-5-16(23)11-17(18)24/h1-6,11,19-20,28H,7-10,12-13H2. The molecule has 2 aromatic carbocycles. The Kier molecular flexibility index (Phi) is 5.72. The van der Waals surface area contributed by atoms with Gasteiger partial charge in [0, 0.05) is 55.9 Å². The number of rotatable bonds is 3. The number of benzene rings is 2. The Balaban J connectivity index is 1.37. The second kappa shape index (κ2) is 8.26. The van der Waals surface area contributed by atoms with Crippen molar-refractivity contribution < 1.29 is 18.7 Å². The van der Waals surface area contributed by atoms with E-state index in [9.17, 15) is 18.7 Å². The van der Waals surface area contributed by atoms with Gasteiger partial charge < -0.3 is 14.9 Å². The lowest BCUT2D eigenvalue weighted by Crippen LogP contribution is -2.54. The number of aliphatic hydroxyl groups excluding tert-OH is 1. The molecule has 0 radical (unpaired) electrons. The van der Waals surface area contributed by atoms with E-state index in [-0.39, 0.29) is 18.5 Å². The van der Waals surface area contributed by atoms with Gasteiger partial charge in [0.2, 0.25) is 0 Å². The van der Waals surface area contributed by atoms with Gasteiger partial charge in [-0.2, -0.15) is 0 Å². The molecule has 5 nitrogen and oxygen atoms in total. The molecule has 2 aromatic rings. The Morgan fingerprint density at radius 3 is 2.34 bits per heavy atom. The maximum absolute atomic E-state index is 14.0. The van der Waals surface area contributed by atoms with Crippen molar-refractivity contribution in [2.75, 3.05) is 44.2 Å². The summed E-state index contributed by atoms with van der Waals surface area (Å²) in [5, 5.41) is 11.1. The monoisotopic (exact) mass is 421 g/mol. The van der Waals surface area contributed by atoms with E-state index in [1.165, 1.54) is 12.1 Å². The number of halogens is 3. The van der Waals surface area contributed by atoms with Crippen molar-refractivity contribution in [2.45, 2.75) is 12.1 Å². The smallest absolute Gasteiger partial charge is 0.253 e. The van der Waals surface area contributed by atoms with Crippen LogP contribution in [0.15, 0.2) is 42.5 Å². The first-order valence-corrected chi connectivity index (χ1v) is 9.97. The Hall–Kier alpha value is -2.22. The van der Waals surface area contributed by atoms with E-state index in [1.54, 1.807) is 29.2 Å². The van der Waals surface area contributed by atoms with Crippen LogP contribution in [0.25, 0.3) is 0 Å². The van der Waals surface area contributed by atoms with E-state index in [0.717, 1.165) is 6.07 Å². The second-order valence-corrected chi connectivity index (χ2v) is 7.91. The lowest BCUT2D eigenvalue weighted by Gasteiger charge is -2.39. The maximum Gasteiger partial charge on any atom is 0.253 e. The predicted molar refractivity (Wildman–Crippen MR) is 107 cm³/mol. The summed E-state index contributed by atoms with van der Waals surface area (Å²) < 4.78 is 27.2. The van der Waals surface area contributed by atoms with Crippen molar-refractivity contribution in [3.8, 4) is 0 Å². The van der Waals surface area contributed by atoms with Crippen molar-refractivity contribution in [3.63, 3.8) is 0 Å². The molecule has 2 aliphatic heterocycles. The first-order valence-electron chi connectivity index (χ1n) is 9.59. The molecular weight excluding hydrogens is 400 g/mol. The van der Waals surface area contributed by atoms with Crippen LogP contribution in [0, 0.1) is 11.6 Å². The van der Waals surface area contributed by atoms with Gasteiger partial charge in [-0.3, -0.25) is 9.69 Å². The highest BCUT2D eigenvalue weighted by Gasteiger charge is 2.39. The summed E-state index contributed by atoms with van der Waals surface area (Å²) in [6, 6.07) is 10.2. The van der Waals surface area contributed by atoms with E-state index < -0.39 is 17.7 Å². The van der Waals surface area contributed by atoms with Crippen LogP contribution in [-0.4, -0.2) is 72.2 Å². The van der Waals surface area contributed by atoms with Gasteiger partial charge in [0.05, 0.1) is 17.8 Å². The third-order valence-corrected chi connectivity index (χ3v) is 5.92. The fourth-order valence-corrected chi connectivity index (χ4v) is 4.23. The van der Waals surface area contributed by atoms with Gasteiger partial charge in [0.15, 0.2) is 0 Å². The topological polar surface area (TPSA) is 47.0 Å². The molecule has 0 saturated carbocycles. The molecule has 2 aliphatic rings. The van der Waals surface area contributed by atoms with Crippen molar-refractivity contribution in [1.29, 1.82) is 0 Å². The molecule has 0 aliphatic carbocycles.